The number of fused-ring (bicyclic) bond motifs is 1. The highest BCUT2D eigenvalue weighted by Crippen LogP contribution is 2.23. The quantitative estimate of drug-likeness (QED) is 0.371. The molecular weight excluding hydrogens is 364 g/mol. The first-order valence-corrected chi connectivity index (χ1v) is 9.43. The average molecular weight is 386 g/mol. The van der Waals surface area contributed by atoms with Gasteiger partial charge in [0.15, 0.2) is 11.5 Å². The Bertz CT molecular complexity index is 1120. The normalized spacial score (nSPS) is 11.4. The van der Waals surface area contributed by atoms with E-state index < -0.39 is 0 Å². The number of anilines is 2. The van der Waals surface area contributed by atoms with Gasteiger partial charge in [-0.05, 0) is 41.8 Å². The lowest BCUT2D eigenvalue weighted by Gasteiger charge is -2.10. The molecule has 8 nitrogen and oxygen atoms in total. The van der Waals surface area contributed by atoms with Crippen molar-refractivity contribution in [1.82, 2.24) is 24.7 Å². The maximum atomic E-state index is 4.52. The van der Waals surface area contributed by atoms with Crippen molar-refractivity contribution in [3.05, 3.63) is 66.9 Å². The number of nitrogens with one attached hydrogen (secondary N) is 2. The Morgan fingerprint density at radius 3 is 2.83 bits per heavy atom. The molecule has 3 aromatic heterocycles. The molecule has 4 rings (SSSR count). The first-order valence-electron chi connectivity index (χ1n) is 9.43. The average Bonchev–Trinajstić information content (AvgIpc) is 3.18. The van der Waals surface area contributed by atoms with Gasteiger partial charge in [0.25, 0.3) is 0 Å². The minimum Gasteiger partial charge on any atom is -0.385 e. The zero-order valence-corrected chi connectivity index (χ0v) is 16.3. The van der Waals surface area contributed by atoms with E-state index in [-0.39, 0.29) is 0 Å². The van der Waals surface area contributed by atoms with Gasteiger partial charge in [0, 0.05) is 24.6 Å². The van der Waals surface area contributed by atoms with Crippen molar-refractivity contribution in [3.63, 3.8) is 0 Å². The summed E-state index contributed by atoms with van der Waals surface area (Å²) in [5, 5.41) is 13.0. The summed E-state index contributed by atoms with van der Waals surface area (Å²) in [7, 11) is 0. The van der Waals surface area contributed by atoms with Crippen LogP contribution in [0.5, 0.6) is 0 Å². The van der Waals surface area contributed by atoms with Crippen molar-refractivity contribution in [2.75, 3.05) is 17.3 Å². The van der Waals surface area contributed by atoms with E-state index in [1.54, 1.807) is 29.5 Å². The topological polar surface area (TPSA) is 92.9 Å². The van der Waals surface area contributed by atoms with E-state index in [0.29, 0.717) is 17.4 Å². The van der Waals surface area contributed by atoms with Gasteiger partial charge in [-0.15, -0.1) is 0 Å². The minimum absolute atomic E-state index is 0.568. The standard InChI is InChI=1S/C21H22N8/c1-15(2)11-23-17-4-3-5-18(10-17)29-21-19(13-27-29)20(24-14-25-21)28-26-12-16-6-8-22-9-7-16/h3-10,12-15,23H,11H2,1-2H3,(H,24,25,28)/b26-12+. The van der Waals surface area contributed by atoms with Crippen molar-refractivity contribution in [2.24, 2.45) is 11.0 Å². The first kappa shape index (κ1) is 18.5. The highest BCUT2D eigenvalue weighted by Gasteiger charge is 2.11. The molecule has 4 aromatic rings. The molecule has 29 heavy (non-hydrogen) atoms. The van der Waals surface area contributed by atoms with Crippen LogP contribution in [0.3, 0.4) is 0 Å². The first-order chi connectivity index (χ1) is 14.2. The van der Waals surface area contributed by atoms with Gasteiger partial charge in [0.05, 0.1) is 23.5 Å². The van der Waals surface area contributed by atoms with Crippen LogP contribution in [0.4, 0.5) is 11.5 Å². The fraction of sp³-hybridized carbons (Fsp3) is 0.190. The van der Waals surface area contributed by atoms with Crippen molar-refractivity contribution in [2.45, 2.75) is 13.8 Å². The van der Waals surface area contributed by atoms with Gasteiger partial charge in [-0.3, -0.25) is 10.4 Å². The number of nitrogens with zero attached hydrogens (tertiary/aromatic N) is 6. The van der Waals surface area contributed by atoms with Crippen LogP contribution in [0.15, 0.2) is 66.4 Å². The number of hydrogen-bond acceptors (Lipinski definition) is 7. The summed E-state index contributed by atoms with van der Waals surface area (Å²) < 4.78 is 1.80. The van der Waals surface area contributed by atoms with Crippen LogP contribution in [0, 0.1) is 5.92 Å². The van der Waals surface area contributed by atoms with E-state index in [9.17, 15) is 0 Å². The molecule has 8 heteroatoms. The van der Waals surface area contributed by atoms with Gasteiger partial charge in [-0.1, -0.05) is 19.9 Å². The lowest BCUT2D eigenvalue weighted by molar-refractivity contribution is 0.689. The molecule has 0 atom stereocenters. The second-order valence-electron chi connectivity index (χ2n) is 6.99. The molecular formula is C21H22N8. The number of hydrazone groups is 1. The number of benzene rings is 1. The Kier molecular flexibility index (Phi) is 5.42. The fourth-order valence-electron chi connectivity index (χ4n) is 2.81. The van der Waals surface area contributed by atoms with Crippen LogP contribution >= 0.6 is 0 Å². The molecule has 0 saturated carbocycles. The van der Waals surface area contributed by atoms with E-state index in [1.165, 1.54) is 6.33 Å². The summed E-state index contributed by atoms with van der Waals surface area (Å²) in [5.74, 6) is 1.17. The predicted octanol–water partition coefficient (Wildman–Crippen LogP) is 3.72. The lowest BCUT2D eigenvalue weighted by Crippen LogP contribution is -2.08. The smallest absolute Gasteiger partial charge is 0.168 e. The summed E-state index contributed by atoms with van der Waals surface area (Å²) in [5.41, 5.74) is 6.61. The molecule has 0 amide bonds. The van der Waals surface area contributed by atoms with Crippen LogP contribution in [0.25, 0.3) is 16.7 Å². The van der Waals surface area contributed by atoms with Gasteiger partial charge in [0.2, 0.25) is 0 Å². The third-order valence-electron chi connectivity index (χ3n) is 4.26. The van der Waals surface area contributed by atoms with E-state index in [2.05, 4.69) is 55.8 Å². The summed E-state index contributed by atoms with van der Waals surface area (Å²) in [4.78, 5) is 12.7. The molecule has 0 aliphatic rings. The zero-order chi connectivity index (χ0) is 20.1. The van der Waals surface area contributed by atoms with E-state index in [1.807, 2.05) is 30.3 Å². The van der Waals surface area contributed by atoms with E-state index in [4.69, 9.17) is 0 Å². The van der Waals surface area contributed by atoms with Gasteiger partial charge in [-0.25, -0.2) is 14.6 Å². The van der Waals surface area contributed by atoms with Crippen LogP contribution in [-0.4, -0.2) is 37.5 Å². The minimum atomic E-state index is 0.568. The molecule has 0 saturated heterocycles. The largest absolute Gasteiger partial charge is 0.385 e. The summed E-state index contributed by atoms with van der Waals surface area (Å²) in [6.45, 7) is 5.27. The molecule has 0 aliphatic carbocycles. The number of aromatic nitrogens is 5. The number of hydrogen-bond donors (Lipinski definition) is 2. The summed E-state index contributed by atoms with van der Waals surface area (Å²) in [6, 6.07) is 11.9. The fourth-order valence-corrected chi connectivity index (χ4v) is 2.81. The van der Waals surface area contributed by atoms with Crippen LogP contribution < -0.4 is 10.7 Å². The third-order valence-corrected chi connectivity index (χ3v) is 4.26. The maximum absolute atomic E-state index is 4.52. The second kappa shape index (κ2) is 8.47. The Balaban J connectivity index is 1.59. The predicted molar refractivity (Wildman–Crippen MR) is 115 cm³/mol. The molecule has 1 aromatic carbocycles. The third kappa shape index (κ3) is 4.37. The van der Waals surface area contributed by atoms with Gasteiger partial charge < -0.3 is 5.32 Å². The van der Waals surface area contributed by atoms with Crippen molar-refractivity contribution >= 4 is 28.8 Å². The van der Waals surface area contributed by atoms with Crippen LogP contribution in [-0.2, 0) is 0 Å². The Morgan fingerprint density at radius 2 is 2.00 bits per heavy atom. The SMILES string of the molecule is CC(C)CNc1cccc(-n2ncc3c(N/N=C/c4ccncc4)ncnc32)c1. The molecule has 2 N–H and O–H groups in total. The van der Waals surface area contributed by atoms with Crippen molar-refractivity contribution in [1.29, 1.82) is 0 Å². The van der Waals surface area contributed by atoms with Gasteiger partial charge in [0.1, 0.15) is 6.33 Å². The number of pyridine rings is 1. The van der Waals surface area contributed by atoms with Crippen LogP contribution in [0.2, 0.25) is 0 Å². The van der Waals surface area contributed by atoms with E-state index in [0.717, 1.165) is 28.9 Å². The molecule has 0 unspecified atom stereocenters. The molecule has 0 aliphatic heterocycles. The molecule has 0 fully saturated rings. The van der Waals surface area contributed by atoms with Crippen molar-refractivity contribution in [3.8, 4) is 5.69 Å². The summed E-state index contributed by atoms with van der Waals surface area (Å²) >= 11 is 0. The Hall–Kier alpha value is -3.81. The molecule has 0 bridgehead atoms. The molecule has 146 valence electrons. The highest BCUT2D eigenvalue weighted by atomic mass is 15.3. The van der Waals surface area contributed by atoms with Crippen LogP contribution in [0.1, 0.15) is 19.4 Å². The Morgan fingerprint density at radius 1 is 1.14 bits per heavy atom. The molecule has 0 spiro atoms. The molecule has 0 radical (unpaired) electrons. The van der Waals surface area contributed by atoms with Crippen molar-refractivity contribution < 1.29 is 0 Å². The lowest BCUT2D eigenvalue weighted by atomic mass is 10.2. The summed E-state index contributed by atoms with van der Waals surface area (Å²) in [6.07, 6.45) is 8.40. The molecule has 3 heterocycles. The number of rotatable bonds is 7. The van der Waals surface area contributed by atoms with Gasteiger partial charge >= 0.3 is 0 Å². The Labute approximate surface area is 168 Å². The van der Waals surface area contributed by atoms with Gasteiger partial charge in [-0.2, -0.15) is 10.2 Å². The zero-order valence-electron chi connectivity index (χ0n) is 16.3. The monoisotopic (exact) mass is 386 g/mol. The highest BCUT2D eigenvalue weighted by molar-refractivity contribution is 5.88. The second-order valence-corrected chi connectivity index (χ2v) is 6.99. The van der Waals surface area contributed by atoms with E-state index >= 15 is 0 Å². The maximum Gasteiger partial charge on any atom is 0.168 e.